The summed E-state index contributed by atoms with van der Waals surface area (Å²) in [6, 6.07) is 9.88. The molecule has 0 aliphatic carbocycles. The highest BCUT2D eigenvalue weighted by Gasteiger charge is 2.41. The van der Waals surface area contributed by atoms with Crippen LogP contribution in [0.25, 0.3) is 0 Å². The topological polar surface area (TPSA) is 101 Å². The minimum atomic E-state index is -0.645. The third kappa shape index (κ3) is 6.26. The van der Waals surface area contributed by atoms with Gasteiger partial charge in [0, 0.05) is 31.3 Å². The van der Waals surface area contributed by atoms with Crippen molar-refractivity contribution < 1.29 is 24.2 Å². The van der Waals surface area contributed by atoms with E-state index in [1.54, 1.807) is 6.07 Å². The van der Waals surface area contributed by atoms with E-state index in [1.165, 1.54) is 17.3 Å². The van der Waals surface area contributed by atoms with E-state index in [0.717, 1.165) is 19.3 Å². The van der Waals surface area contributed by atoms with Crippen molar-refractivity contribution in [3.8, 4) is 5.75 Å². The number of ketones is 1. The fraction of sp³-hybridized carbons (Fsp3) is 0.519. The molecule has 2 N–H and O–H groups in total. The van der Waals surface area contributed by atoms with Crippen LogP contribution in [0.1, 0.15) is 64.6 Å². The van der Waals surface area contributed by atoms with Crippen LogP contribution in [0.3, 0.4) is 0 Å². The quantitative estimate of drug-likeness (QED) is 0.485. The molecule has 0 radical (unpaired) electrons. The molecule has 1 aromatic carbocycles. The van der Waals surface area contributed by atoms with Gasteiger partial charge in [0.25, 0.3) is 5.91 Å². The zero-order valence-electron chi connectivity index (χ0n) is 20.9. The Labute approximate surface area is 229 Å². The van der Waals surface area contributed by atoms with Crippen molar-refractivity contribution >= 4 is 36.5 Å². The number of aliphatic hydroxyl groups is 1. The SMILES string of the molecule is CCOc1cc(C(=O)N2C3CCC2COC3)ncc1C(=O)CC[C@@H](O)[C@@H]1Cc2ccccc2CN1.Cl.Cl. The summed E-state index contributed by atoms with van der Waals surface area (Å²) in [6.45, 7) is 4.04. The molecule has 0 spiro atoms. The summed E-state index contributed by atoms with van der Waals surface area (Å²) in [5.74, 6) is 0.0807. The number of carbonyl (C=O) groups excluding carboxylic acids is 2. The maximum absolute atomic E-state index is 13.2. The van der Waals surface area contributed by atoms with Gasteiger partial charge in [0.05, 0.1) is 43.6 Å². The first-order valence-electron chi connectivity index (χ1n) is 12.6. The van der Waals surface area contributed by atoms with E-state index in [2.05, 4.69) is 22.4 Å². The Hall–Kier alpha value is -2.23. The Morgan fingerprint density at radius 2 is 1.89 bits per heavy atom. The minimum absolute atomic E-state index is 0. The first kappa shape index (κ1) is 29.3. The zero-order valence-corrected chi connectivity index (χ0v) is 22.6. The molecule has 3 aliphatic rings. The lowest BCUT2D eigenvalue weighted by Crippen LogP contribution is -2.49. The Kier molecular flexibility index (Phi) is 10.3. The van der Waals surface area contributed by atoms with Crippen LogP contribution in [0.5, 0.6) is 5.75 Å². The van der Waals surface area contributed by atoms with Gasteiger partial charge in [-0.05, 0) is 43.7 Å². The monoisotopic (exact) mass is 551 g/mol. The highest BCUT2D eigenvalue weighted by Crippen LogP contribution is 2.31. The number of morpholine rings is 1. The lowest BCUT2D eigenvalue weighted by atomic mass is 9.91. The summed E-state index contributed by atoms with van der Waals surface area (Å²) in [6.07, 6.45) is 3.92. The van der Waals surface area contributed by atoms with Gasteiger partial charge in [-0.25, -0.2) is 0 Å². The molecule has 4 atom stereocenters. The highest BCUT2D eigenvalue weighted by atomic mass is 35.5. The standard InChI is InChI=1S/C27H33N3O5.2ClH/c1-2-35-26-12-23(27(33)30-19-7-8-20(30)16-34-15-19)29-14-21(26)24(31)9-10-25(32)22-11-17-5-3-4-6-18(17)13-28-22;;/h3-6,12,14,19-20,22,25,28,32H,2,7-11,13,15-16H2,1H3;2*1H/t19?,20?,22-,25+;;/m0../s1. The van der Waals surface area contributed by atoms with Gasteiger partial charge in [-0.15, -0.1) is 24.8 Å². The van der Waals surface area contributed by atoms with Crippen LogP contribution in [-0.2, 0) is 17.7 Å². The number of pyridine rings is 1. The summed E-state index contributed by atoms with van der Waals surface area (Å²) in [5.41, 5.74) is 3.12. The Balaban J connectivity index is 0.00000190. The predicted octanol–water partition coefficient (Wildman–Crippen LogP) is 3.37. The van der Waals surface area contributed by atoms with Crippen LogP contribution in [0, 0.1) is 0 Å². The van der Waals surface area contributed by atoms with Crippen molar-refractivity contribution in [1.82, 2.24) is 15.2 Å². The van der Waals surface area contributed by atoms with Gasteiger partial charge in [-0.3, -0.25) is 14.6 Å². The molecular formula is C27H35Cl2N3O5. The summed E-state index contributed by atoms with van der Waals surface area (Å²) >= 11 is 0. The number of hydrogen-bond donors (Lipinski definition) is 2. The average molecular weight is 552 g/mol. The summed E-state index contributed by atoms with van der Waals surface area (Å²) < 4.78 is 11.3. The number of nitrogens with one attached hydrogen (secondary N) is 1. The summed E-state index contributed by atoms with van der Waals surface area (Å²) in [5, 5.41) is 14.1. The lowest BCUT2D eigenvalue weighted by Gasteiger charge is -2.34. The molecule has 2 aromatic rings. The maximum Gasteiger partial charge on any atom is 0.273 e. The predicted molar refractivity (Wildman–Crippen MR) is 144 cm³/mol. The molecule has 0 saturated carbocycles. The molecule has 1 amide bonds. The Bertz CT molecular complexity index is 1090. The van der Waals surface area contributed by atoms with Crippen molar-refractivity contribution in [2.45, 2.75) is 69.8 Å². The number of halogens is 2. The number of fused-ring (bicyclic) bond motifs is 3. The van der Waals surface area contributed by atoms with E-state index >= 15 is 0 Å². The molecule has 2 bridgehead atoms. The largest absolute Gasteiger partial charge is 0.493 e. The average Bonchev–Trinajstić information content (AvgIpc) is 3.14. The molecule has 1 aromatic heterocycles. The number of amides is 1. The van der Waals surface area contributed by atoms with Crippen LogP contribution in [0.15, 0.2) is 36.5 Å². The molecule has 3 aliphatic heterocycles. The number of aromatic nitrogens is 1. The van der Waals surface area contributed by atoms with Crippen molar-refractivity contribution in [1.29, 1.82) is 0 Å². The number of ether oxygens (including phenoxy) is 2. The fourth-order valence-electron chi connectivity index (χ4n) is 5.50. The number of rotatable bonds is 8. The minimum Gasteiger partial charge on any atom is -0.493 e. The molecule has 37 heavy (non-hydrogen) atoms. The van der Waals surface area contributed by atoms with Gasteiger partial charge < -0.3 is 24.8 Å². The van der Waals surface area contributed by atoms with Crippen molar-refractivity contribution in [2.75, 3.05) is 19.8 Å². The molecule has 2 saturated heterocycles. The zero-order chi connectivity index (χ0) is 24.4. The second-order valence-corrected chi connectivity index (χ2v) is 9.62. The smallest absolute Gasteiger partial charge is 0.273 e. The van der Waals surface area contributed by atoms with Crippen LogP contribution in [-0.4, -0.2) is 70.7 Å². The molecule has 5 rings (SSSR count). The van der Waals surface area contributed by atoms with E-state index < -0.39 is 6.10 Å². The normalized spacial score (nSPS) is 22.8. The van der Waals surface area contributed by atoms with E-state index in [-0.39, 0.29) is 66.7 Å². The van der Waals surface area contributed by atoms with Crippen molar-refractivity contribution in [3.63, 3.8) is 0 Å². The first-order chi connectivity index (χ1) is 17.0. The number of carbonyl (C=O) groups is 2. The molecule has 8 nitrogen and oxygen atoms in total. The maximum atomic E-state index is 13.2. The molecule has 202 valence electrons. The molecule has 2 fully saturated rings. The Morgan fingerprint density at radius 3 is 2.59 bits per heavy atom. The van der Waals surface area contributed by atoms with Gasteiger partial charge in [-0.1, -0.05) is 24.3 Å². The van der Waals surface area contributed by atoms with Crippen LogP contribution < -0.4 is 10.1 Å². The molecule has 10 heteroatoms. The van der Waals surface area contributed by atoms with E-state index in [0.29, 0.717) is 44.1 Å². The first-order valence-corrected chi connectivity index (χ1v) is 12.6. The summed E-state index contributed by atoms with van der Waals surface area (Å²) in [4.78, 5) is 32.5. The van der Waals surface area contributed by atoms with E-state index in [9.17, 15) is 14.7 Å². The molecule has 4 heterocycles. The van der Waals surface area contributed by atoms with E-state index in [4.69, 9.17) is 9.47 Å². The van der Waals surface area contributed by atoms with Gasteiger partial charge in [0.1, 0.15) is 11.4 Å². The second-order valence-electron chi connectivity index (χ2n) is 9.62. The molecule has 2 unspecified atom stereocenters. The lowest BCUT2D eigenvalue weighted by molar-refractivity contribution is -0.00748. The molecular weight excluding hydrogens is 517 g/mol. The van der Waals surface area contributed by atoms with Crippen molar-refractivity contribution in [3.05, 3.63) is 58.9 Å². The third-order valence-electron chi connectivity index (χ3n) is 7.40. The Morgan fingerprint density at radius 1 is 1.19 bits per heavy atom. The van der Waals surface area contributed by atoms with Gasteiger partial charge >= 0.3 is 0 Å². The fourth-order valence-corrected chi connectivity index (χ4v) is 5.50. The van der Waals surface area contributed by atoms with Crippen molar-refractivity contribution in [2.24, 2.45) is 0 Å². The number of nitrogens with zero attached hydrogens (tertiary/aromatic N) is 2. The van der Waals surface area contributed by atoms with Gasteiger partial charge in [0.2, 0.25) is 0 Å². The number of benzene rings is 1. The van der Waals surface area contributed by atoms with Gasteiger partial charge in [-0.2, -0.15) is 0 Å². The van der Waals surface area contributed by atoms with Crippen LogP contribution >= 0.6 is 24.8 Å². The number of Topliss-reactive ketones (excluding diaryl/α,β-unsaturated/α-hetero) is 1. The van der Waals surface area contributed by atoms with Crippen LogP contribution in [0.2, 0.25) is 0 Å². The number of aliphatic hydroxyl groups excluding tert-OH is 1. The van der Waals surface area contributed by atoms with Gasteiger partial charge in [0.15, 0.2) is 5.78 Å². The second kappa shape index (κ2) is 13.0. The van der Waals surface area contributed by atoms with Crippen LogP contribution in [0.4, 0.5) is 0 Å². The summed E-state index contributed by atoms with van der Waals surface area (Å²) in [7, 11) is 0. The van der Waals surface area contributed by atoms with E-state index in [1.807, 2.05) is 24.0 Å². The highest BCUT2D eigenvalue weighted by molar-refractivity contribution is 6.00. The third-order valence-corrected chi connectivity index (χ3v) is 7.40. The number of hydrogen-bond acceptors (Lipinski definition) is 7.